The molecule has 0 bridgehead atoms. The summed E-state index contributed by atoms with van der Waals surface area (Å²) in [6.07, 6.45) is 9.04. The fraction of sp³-hybridized carbons (Fsp3) is 0.304. The molecule has 1 heterocycles. The molecule has 166 valence electrons. The van der Waals surface area contributed by atoms with Crippen LogP contribution in [0.25, 0.3) is 23.1 Å². The fourth-order valence-corrected chi connectivity index (χ4v) is 4.92. The van der Waals surface area contributed by atoms with Crippen molar-refractivity contribution in [2.24, 2.45) is 0 Å². The summed E-state index contributed by atoms with van der Waals surface area (Å²) in [6.45, 7) is 0. The van der Waals surface area contributed by atoms with Crippen LogP contribution in [0, 0.1) is 0 Å². The SMILES string of the molecule is COc1ccc2nc(C=Cc3ccc(Cl)cc3)nc(N[C@H]3CCCC[C@H]3[AsH2])c2c1.Cl.Cl. The zero-order valence-corrected chi connectivity index (χ0v) is 22.1. The molecule has 0 amide bonds. The van der Waals surface area contributed by atoms with Gasteiger partial charge in [0.2, 0.25) is 0 Å². The molecule has 0 saturated heterocycles. The molecule has 4 rings (SSSR count). The maximum Gasteiger partial charge on any atom is -0.147 e. The zero-order valence-electron chi connectivity index (χ0n) is 17.3. The van der Waals surface area contributed by atoms with E-state index in [1.165, 1.54) is 25.7 Å². The van der Waals surface area contributed by atoms with Gasteiger partial charge in [0.15, 0.2) is 0 Å². The maximum absolute atomic E-state index is 5.98. The topological polar surface area (TPSA) is 47.0 Å². The number of rotatable bonds is 5. The summed E-state index contributed by atoms with van der Waals surface area (Å²) < 4.78 is 6.12. The molecule has 0 radical (unpaired) electrons. The van der Waals surface area contributed by atoms with Gasteiger partial charge in [-0.2, -0.15) is 0 Å². The van der Waals surface area contributed by atoms with Crippen LogP contribution >= 0.6 is 36.4 Å². The number of benzene rings is 2. The molecule has 1 unspecified atom stereocenters. The second-order valence-electron chi connectivity index (χ2n) is 7.40. The minimum Gasteiger partial charge on any atom is -0.147 e. The van der Waals surface area contributed by atoms with Crippen LogP contribution in [-0.2, 0) is 0 Å². The van der Waals surface area contributed by atoms with Crippen molar-refractivity contribution in [3.63, 3.8) is 0 Å². The number of nitrogens with zero attached hydrogens (tertiary/aromatic N) is 2. The Labute approximate surface area is 209 Å². The third-order valence-electron chi connectivity index (χ3n) is 5.36. The summed E-state index contributed by atoms with van der Waals surface area (Å²) in [4.78, 5) is 9.59. The Balaban J connectivity index is 0.00000171. The van der Waals surface area contributed by atoms with Crippen molar-refractivity contribution in [3.05, 3.63) is 58.9 Å². The van der Waals surface area contributed by atoms with Gasteiger partial charge in [0.25, 0.3) is 0 Å². The molecule has 8 heteroatoms. The molecule has 3 atom stereocenters. The molecule has 1 saturated carbocycles. The third kappa shape index (κ3) is 6.52. The molecule has 2 aromatic carbocycles. The van der Waals surface area contributed by atoms with Crippen molar-refractivity contribution in [3.8, 4) is 5.75 Å². The molecule has 3 aromatic rings. The summed E-state index contributed by atoms with van der Waals surface area (Å²) in [7, 11) is 1.68. The summed E-state index contributed by atoms with van der Waals surface area (Å²) in [5, 5.41) is 5.46. The molecule has 0 spiro atoms. The number of hydrogen-bond acceptors (Lipinski definition) is 4. The van der Waals surface area contributed by atoms with E-state index in [-0.39, 0.29) is 24.8 Å². The number of methoxy groups -OCH3 is 1. The Bertz CT molecular complexity index is 1030. The van der Waals surface area contributed by atoms with Gasteiger partial charge >= 0.3 is 174 Å². The Morgan fingerprint density at radius 3 is 2.48 bits per heavy atom. The van der Waals surface area contributed by atoms with Gasteiger partial charge in [-0.15, -0.1) is 24.8 Å². The maximum atomic E-state index is 5.98. The average molecular weight is 543 g/mol. The van der Waals surface area contributed by atoms with E-state index in [2.05, 4.69) is 5.32 Å². The van der Waals surface area contributed by atoms with Crippen LogP contribution < -0.4 is 10.1 Å². The van der Waals surface area contributed by atoms with Gasteiger partial charge in [-0.25, -0.2) is 0 Å². The van der Waals surface area contributed by atoms with Crippen LogP contribution in [-0.4, -0.2) is 40.0 Å². The Hall–Kier alpha value is -1.45. The van der Waals surface area contributed by atoms with E-state index < -0.39 is 0 Å². The molecular weight excluding hydrogens is 516 g/mol. The molecule has 0 aliphatic heterocycles. The van der Waals surface area contributed by atoms with Crippen LogP contribution in [0.15, 0.2) is 42.5 Å². The first-order chi connectivity index (χ1) is 14.1. The van der Waals surface area contributed by atoms with Crippen molar-refractivity contribution in [1.29, 1.82) is 0 Å². The molecular formula is C23H27AsCl3N3O. The summed E-state index contributed by atoms with van der Waals surface area (Å²) in [5.41, 5.74) is 1.97. The summed E-state index contributed by atoms with van der Waals surface area (Å²) >= 11 is 7.80. The molecule has 1 aromatic heterocycles. The summed E-state index contributed by atoms with van der Waals surface area (Å²) in [5.74, 6) is 2.39. The fourth-order valence-electron chi connectivity index (χ4n) is 3.70. The largest absolute Gasteiger partial charge is 0.147 e. The monoisotopic (exact) mass is 541 g/mol. The van der Waals surface area contributed by atoms with Gasteiger partial charge in [0, 0.05) is 0 Å². The Morgan fingerprint density at radius 1 is 1.03 bits per heavy atom. The van der Waals surface area contributed by atoms with Crippen LogP contribution in [0.5, 0.6) is 5.75 Å². The third-order valence-corrected chi connectivity index (χ3v) is 7.28. The van der Waals surface area contributed by atoms with E-state index in [4.69, 9.17) is 26.3 Å². The van der Waals surface area contributed by atoms with Crippen LogP contribution in [0.3, 0.4) is 0 Å². The molecule has 4 nitrogen and oxygen atoms in total. The molecule has 1 aliphatic carbocycles. The normalized spacial score (nSPS) is 18.3. The van der Waals surface area contributed by atoms with E-state index in [1.54, 1.807) is 7.11 Å². The number of anilines is 1. The number of aromatic nitrogens is 2. The first-order valence-electron chi connectivity index (χ1n) is 9.94. The van der Waals surface area contributed by atoms with Crippen LogP contribution in [0.1, 0.15) is 37.1 Å². The van der Waals surface area contributed by atoms with Gasteiger partial charge in [0.05, 0.1) is 0 Å². The molecule has 31 heavy (non-hydrogen) atoms. The van der Waals surface area contributed by atoms with Crippen molar-refractivity contribution in [1.82, 2.24) is 9.97 Å². The van der Waals surface area contributed by atoms with Gasteiger partial charge in [-0.1, -0.05) is 11.6 Å². The van der Waals surface area contributed by atoms with Gasteiger partial charge in [-0.05, 0) is 0 Å². The number of hydrogen-bond donors (Lipinski definition) is 1. The Kier molecular flexibility index (Phi) is 9.96. The van der Waals surface area contributed by atoms with Crippen molar-refractivity contribution < 1.29 is 4.74 Å². The first-order valence-corrected chi connectivity index (χ1v) is 11.7. The standard InChI is InChI=1S/C23H25AsClN3O.2ClH/c1-29-17-11-12-20-18(14-17)23(27-21-5-3-2-4-19(21)24)28-22(26-20)13-8-15-6-9-16(25)10-7-15;;/h6-14,19,21H,2-5,24H2,1H3,(H,26,27,28);2*1H/t19-,21+;;/m1../s1. The van der Waals surface area contributed by atoms with Gasteiger partial charge < -0.3 is 0 Å². The molecule has 1 aliphatic rings. The minimum atomic E-state index is 0. The number of ether oxygens (including phenoxy) is 1. The second kappa shape index (κ2) is 12.0. The van der Waals surface area contributed by atoms with E-state index >= 15 is 0 Å². The predicted molar refractivity (Wildman–Crippen MR) is 139 cm³/mol. The minimum absolute atomic E-state index is 0. The smallest absolute Gasteiger partial charge is 0.147 e. The van der Waals surface area contributed by atoms with Crippen molar-refractivity contribution >= 4 is 82.1 Å². The predicted octanol–water partition coefficient (Wildman–Crippen LogP) is 6.08. The number of halogens is 3. The van der Waals surface area contributed by atoms with E-state index in [0.29, 0.717) is 16.6 Å². The van der Waals surface area contributed by atoms with Gasteiger partial charge in [0.1, 0.15) is 0 Å². The molecule has 1 N–H and O–H groups in total. The van der Waals surface area contributed by atoms with Crippen LogP contribution in [0.4, 0.5) is 5.82 Å². The number of fused-ring (bicyclic) bond motifs is 1. The number of nitrogens with one attached hydrogen (secondary N) is 1. The second-order valence-corrected chi connectivity index (χ2v) is 9.63. The van der Waals surface area contributed by atoms with Crippen LogP contribution in [0.2, 0.25) is 9.73 Å². The molecule has 1 fully saturated rings. The Morgan fingerprint density at radius 2 is 1.77 bits per heavy atom. The first kappa shape index (κ1) is 25.8. The van der Waals surface area contributed by atoms with E-state index in [1.807, 2.05) is 71.5 Å². The van der Waals surface area contributed by atoms with Gasteiger partial charge in [-0.3, -0.25) is 0 Å². The summed E-state index contributed by atoms with van der Waals surface area (Å²) in [6, 6.07) is 14.1. The average Bonchev–Trinajstić information content (AvgIpc) is 2.74. The van der Waals surface area contributed by atoms with E-state index in [0.717, 1.165) is 33.1 Å². The van der Waals surface area contributed by atoms with Crippen molar-refractivity contribution in [2.45, 2.75) is 36.4 Å². The zero-order chi connectivity index (χ0) is 20.2. The van der Waals surface area contributed by atoms with Crippen molar-refractivity contribution in [2.75, 3.05) is 12.4 Å². The quantitative estimate of drug-likeness (QED) is 0.397. The van der Waals surface area contributed by atoms with E-state index in [9.17, 15) is 0 Å².